The summed E-state index contributed by atoms with van der Waals surface area (Å²) in [6.07, 6.45) is 0. The molecule has 0 saturated heterocycles. The van der Waals surface area contributed by atoms with Gasteiger partial charge < -0.3 is 21.5 Å². The van der Waals surface area contributed by atoms with Crippen molar-refractivity contribution in [3.63, 3.8) is 0 Å². The number of hydrogen-bond acceptors (Lipinski definition) is 4. The molecule has 40 valence electrons. The maximum Gasteiger partial charge on any atom is 1.00 e. The van der Waals surface area contributed by atoms with Crippen LogP contribution in [-0.4, -0.2) is 17.5 Å². The Kier molecular flexibility index (Phi) is 44.2. The van der Waals surface area contributed by atoms with Crippen molar-refractivity contribution in [1.29, 1.82) is 0 Å². The average Bonchev–Trinajstić information content (AvgIpc) is 0.722. The number of hydrogen-bond donors (Lipinski definition) is 0. The van der Waals surface area contributed by atoms with E-state index in [0.29, 0.717) is 0 Å². The summed E-state index contributed by atoms with van der Waals surface area (Å²) >= 11 is 0. The largest absolute Gasteiger partial charge is 1.00 e. The third-order valence-electron chi connectivity index (χ3n) is 0. The van der Waals surface area contributed by atoms with Gasteiger partial charge in [-0.25, -0.2) is 0 Å². The quantitative estimate of drug-likeness (QED) is 0.213. The van der Waals surface area contributed by atoms with Crippen LogP contribution in [0.5, 0.6) is 0 Å². The van der Waals surface area contributed by atoms with Crippen molar-refractivity contribution in [1.82, 2.24) is 0 Å². The Bertz CT molecular complexity index is 102. The molecule has 0 spiro atoms. The Balaban J connectivity index is -0.0000000133. The predicted octanol–water partition coefficient (Wildman–Crippen LogP) is -13.3. The molecule has 0 saturated carbocycles. The van der Waals surface area contributed by atoms with E-state index >= 15 is 0 Å². The number of rotatable bonds is 0. The fraction of sp³-hybridized carbons (Fsp3) is 0. The van der Waals surface area contributed by atoms with E-state index in [2.05, 4.69) is 0 Å². The Morgan fingerprint density at radius 3 is 1.00 bits per heavy atom. The molecule has 0 aromatic rings. The van der Waals surface area contributed by atoms with Crippen LogP contribution in [0.3, 0.4) is 0 Å². The molecule has 0 atom stereocenters. The summed E-state index contributed by atoms with van der Waals surface area (Å²) < 4.78 is 34.1. The molecule has 4 nitrogen and oxygen atoms in total. The molecule has 0 heterocycles. The van der Waals surface area contributed by atoms with Crippen LogP contribution in [0, 0.1) is 0 Å². The first-order valence-corrected chi connectivity index (χ1v) is 2.00. The van der Waals surface area contributed by atoms with Gasteiger partial charge in [-0.15, -0.1) is 0 Å². The van der Waals surface area contributed by atoms with Gasteiger partial charge in [0, 0.05) is 10.4 Å². The summed E-state index contributed by atoms with van der Waals surface area (Å²) in [4.78, 5) is 0. The van der Waals surface area contributed by atoms with Crippen LogP contribution in [-0.2, 0) is 10.4 Å². The average molecular weight is 184 g/mol. The topological polar surface area (TPSA) is 80.3 Å². The van der Waals surface area contributed by atoms with Crippen LogP contribution in [0.25, 0.3) is 0 Å². The second kappa shape index (κ2) is 13.4. The molecule has 0 fully saturated rings. The van der Waals surface area contributed by atoms with E-state index in [1.54, 1.807) is 0 Å². The molecule has 0 aromatic carbocycles. The molecular weight excluding hydrogens is 184 g/mol. The Hall–Kier alpha value is 2.76. The smallest absolute Gasteiger partial charge is 1.00 e. The van der Waals surface area contributed by atoms with Crippen molar-refractivity contribution in [3.8, 4) is 0 Å². The summed E-state index contributed by atoms with van der Waals surface area (Å²) in [5.74, 6) is 0. The molecular formula is ClLiNa2O4S. The molecule has 0 aliphatic heterocycles. The zero-order chi connectivity index (χ0) is 4.50. The Morgan fingerprint density at radius 1 is 1.00 bits per heavy atom. The molecule has 0 N–H and O–H groups in total. The minimum absolute atomic E-state index is 0. The Morgan fingerprint density at radius 2 is 1.00 bits per heavy atom. The molecule has 0 rings (SSSR count). The van der Waals surface area contributed by atoms with Crippen LogP contribution < -0.4 is 90.4 Å². The van der Waals surface area contributed by atoms with Gasteiger partial charge >= 0.3 is 78.0 Å². The molecule has 0 aliphatic carbocycles. The zero-order valence-electron chi connectivity index (χ0n) is 5.42. The fourth-order valence-electron chi connectivity index (χ4n) is 0. The molecule has 0 unspecified atom stereocenters. The van der Waals surface area contributed by atoms with Gasteiger partial charge in [0.05, 0.1) is 0 Å². The third-order valence-corrected chi connectivity index (χ3v) is 0. The van der Waals surface area contributed by atoms with Gasteiger partial charge in [-0.3, -0.25) is 8.42 Å². The summed E-state index contributed by atoms with van der Waals surface area (Å²) in [7, 11) is -5.17. The van der Waals surface area contributed by atoms with E-state index in [9.17, 15) is 0 Å². The standard InChI is InChI=1S/ClH.Li.2Na.H2O4S/c;;;;1-5(2,3)4/h1H;;;;(H2,1,2,3,4)/q;3*+1;/p-3. The van der Waals surface area contributed by atoms with Crippen molar-refractivity contribution >= 4 is 10.4 Å². The molecule has 0 aromatic heterocycles. The van der Waals surface area contributed by atoms with E-state index in [4.69, 9.17) is 17.5 Å². The van der Waals surface area contributed by atoms with Crippen LogP contribution in [0.2, 0.25) is 0 Å². The van der Waals surface area contributed by atoms with E-state index < -0.39 is 10.4 Å². The van der Waals surface area contributed by atoms with Gasteiger partial charge in [0.2, 0.25) is 0 Å². The van der Waals surface area contributed by atoms with Crippen molar-refractivity contribution in [3.05, 3.63) is 0 Å². The van der Waals surface area contributed by atoms with Crippen molar-refractivity contribution in [2.75, 3.05) is 0 Å². The summed E-state index contributed by atoms with van der Waals surface area (Å²) in [6, 6.07) is 0. The molecule has 9 heteroatoms. The van der Waals surface area contributed by atoms with Gasteiger partial charge in [-0.1, -0.05) is 0 Å². The first kappa shape index (κ1) is 29.8. The minimum atomic E-state index is -5.17. The predicted molar refractivity (Wildman–Crippen MR) is 10.5 cm³/mol. The maximum absolute atomic E-state index is 8.52. The molecule has 0 bridgehead atoms. The van der Waals surface area contributed by atoms with E-state index in [0.717, 1.165) is 0 Å². The molecule has 9 heavy (non-hydrogen) atoms. The minimum Gasteiger partial charge on any atom is -1.00 e. The summed E-state index contributed by atoms with van der Waals surface area (Å²) in [5.41, 5.74) is 0. The first-order valence-electron chi connectivity index (χ1n) is 0.667. The van der Waals surface area contributed by atoms with Gasteiger partial charge in [0.15, 0.2) is 0 Å². The van der Waals surface area contributed by atoms with E-state index in [1.165, 1.54) is 0 Å². The van der Waals surface area contributed by atoms with Gasteiger partial charge in [-0.2, -0.15) is 0 Å². The van der Waals surface area contributed by atoms with Crippen LogP contribution in [0.4, 0.5) is 0 Å². The SMILES string of the molecule is O=S(=O)([O-])[O-].[Cl-].[Li+].[Na+].[Na+]. The van der Waals surface area contributed by atoms with E-state index in [1.807, 2.05) is 0 Å². The normalized spacial score (nSPS) is 6.44. The van der Waals surface area contributed by atoms with Gasteiger partial charge in [0.25, 0.3) is 0 Å². The van der Waals surface area contributed by atoms with Gasteiger partial charge in [-0.05, 0) is 0 Å². The monoisotopic (exact) mass is 184 g/mol. The second-order valence-electron chi connectivity index (χ2n) is 0.408. The Labute approximate surface area is 116 Å². The summed E-state index contributed by atoms with van der Waals surface area (Å²) in [6.45, 7) is 0. The maximum atomic E-state index is 8.52. The second-order valence-corrected chi connectivity index (χ2v) is 1.22. The summed E-state index contributed by atoms with van der Waals surface area (Å²) in [5, 5.41) is 0. The molecule has 0 radical (unpaired) electrons. The molecule has 0 aliphatic rings. The van der Waals surface area contributed by atoms with Crippen LogP contribution in [0.15, 0.2) is 0 Å². The van der Waals surface area contributed by atoms with Crippen molar-refractivity contribution in [2.24, 2.45) is 0 Å². The first-order chi connectivity index (χ1) is 2.00. The van der Waals surface area contributed by atoms with Crippen LogP contribution in [0.1, 0.15) is 0 Å². The van der Waals surface area contributed by atoms with Crippen LogP contribution >= 0.6 is 0 Å². The van der Waals surface area contributed by atoms with Crippen molar-refractivity contribution < 1.29 is 108 Å². The molecule has 0 amide bonds. The van der Waals surface area contributed by atoms with E-state index in [-0.39, 0.29) is 90.4 Å². The fourth-order valence-corrected chi connectivity index (χ4v) is 0. The zero-order valence-corrected chi connectivity index (χ0v) is 11.0. The van der Waals surface area contributed by atoms with Crippen molar-refractivity contribution in [2.45, 2.75) is 0 Å². The van der Waals surface area contributed by atoms with Gasteiger partial charge in [0.1, 0.15) is 0 Å². The third kappa shape index (κ3) is 109. The number of halogens is 1.